The SMILES string of the molecule is CCCOc1ccc(/C=C/C(=O)N[C@H](c2ccc(F)cc2)c2nccn2C)cc1. The molecule has 29 heavy (non-hydrogen) atoms. The molecule has 1 heterocycles. The summed E-state index contributed by atoms with van der Waals surface area (Å²) < 4.78 is 20.7. The third-order valence-corrected chi connectivity index (χ3v) is 4.39. The monoisotopic (exact) mass is 393 g/mol. The summed E-state index contributed by atoms with van der Waals surface area (Å²) in [4.78, 5) is 16.9. The Morgan fingerprint density at radius 3 is 2.55 bits per heavy atom. The summed E-state index contributed by atoms with van der Waals surface area (Å²) in [6.45, 7) is 2.73. The van der Waals surface area contributed by atoms with E-state index in [0.717, 1.165) is 23.3 Å². The Morgan fingerprint density at radius 2 is 1.93 bits per heavy atom. The van der Waals surface area contributed by atoms with Gasteiger partial charge in [0.15, 0.2) is 0 Å². The van der Waals surface area contributed by atoms with Crippen molar-refractivity contribution < 1.29 is 13.9 Å². The smallest absolute Gasteiger partial charge is 0.244 e. The number of benzene rings is 2. The van der Waals surface area contributed by atoms with Gasteiger partial charge < -0.3 is 14.6 Å². The average Bonchev–Trinajstić information content (AvgIpc) is 3.16. The Morgan fingerprint density at radius 1 is 1.21 bits per heavy atom. The maximum atomic E-state index is 13.3. The number of imidazole rings is 1. The number of amides is 1. The van der Waals surface area contributed by atoms with Gasteiger partial charge in [0.25, 0.3) is 0 Å². The summed E-state index contributed by atoms with van der Waals surface area (Å²) >= 11 is 0. The van der Waals surface area contributed by atoms with Crippen LogP contribution in [0.4, 0.5) is 4.39 Å². The van der Waals surface area contributed by atoms with E-state index in [4.69, 9.17) is 4.74 Å². The van der Waals surface area contributed by atoms with Gasteiger partial charge in [-0.25, -0.2) is 9.37 Å². The zero-order chi connectivity index (χ0) is 20.6. The molecule has 0 aliphatic rings. The zero-order valence-electron chi connectivity index (χ0n) is 16.5. The predicted octanol–water partition coefficient (Wildman–Crippen LogP) is 4.27. The molecule has 150 valence electrons. The Balaban J connectivity index is 1.72. The van der Waals surface area contributed by atoms with E-state index in [1.165, 1.54) is 18.2 Å². The van der Waals surface area contributed by atoms with Crippen LogP contribution < -0.4 is 10.1 Å². The number of carbonyl (C=O) groups is 1. The molecule has 0 bridgehead atoms. The van der Waals surface area contributed by atoms with Crippen LogP contribution in [0.15, 0.2) is 67.0 Å². The molecule has 0 aliphatic heterocycles. The first-order valence-corrected chi connectivity index (χ1v) is 9.51. The standard InChI is InChI=1S/C23H24FN3O2/c1-3-16-29-20-11-4-17(5-12-20)6-13-21(28)26-22(23-25-14-15-27(23)2)18-7-9-19(24)10-8-18/h4-15,22H,3,16H2,1-2H3,(H,26,28)/b13-6+/t22-/m1/s1. The van der Waals surface area contributed by atoms with E-state index in [-0.39, 0.29) is 11.7 Å². The fourth-order valence-electron chi connectivity index (χ4n) is 2.86. The zero-order valence-corrected chi connectivity index (χ0v) is 16.5. The van der Waals surface area contributed by atoms with Gasteiger partial charge in [-0.3, -0.25) is 4.79 Å². The van der Waals surface area contributed by atoms with E-state index in [2.05, 4.69) is 17.2 Å². The van der Waals surface area contributed by atoms with E-state index in [9.17, 15) is 9.18 Å². The molecule has 5 nitrogen and oxygen atoms in total. The number of rotatable bonds is 8. The van der Waals surface area contributed by atoms with Gasteiger partial charge >= 0.3 is 0 Å². The lowest BCUT2D eigenvalue weighted by atomic mass is 10.1. The highest BCUT2D eigenvalue weighted by Gasteiger charge is 2.19. The minimum atomic E-state index is -0.488. The van der Waals surface area contributed by atoms with Crippen LogP contribution in [0.5, 0.6) is 5.75 Å². The maximum absolute atomic E-state index is 13.3. The molecule has 1 amide bonds. The van der Waals surface area contributed by atoms with Gasteiger partial charge in [-0.2, -0.15) is 0 Å². The van der Waals surface area contributed by atoms with E-state index >= 15 is 0 Å². The average molecular weight is 393 g/mol. The molecule has 0 fully saturated rings. The molecule has 0 spiro atoms. The van der Waals surface area contributed by atoms with Crippen LogP contribution >= 0.6 is 0 Å². The van der Waals surface area contributed by atoms with E-state index in [1.54, 1.807) is 30.6 Å². The molecule has 2 aromatic carbocycles. The second-order valence-electron chi connectivity index (χ2n) is 6.64. The minimum absolute atomic E-state index is 0.270. The Hall–Kier alpha value is -3.41. The molecule has 6 heteroatoms. The van der Waals surface area contributed by atoms with Gasteiger partial charge in [-0.15, -0.1) is 0 Å². The molecule has 1 atom stereocenters. The van der Waals surface area contributed by atoms with Crippen LogP contribution in [0.25, 0.3) is 6.08 Å². The number of nitrogens with one attached hydrogen (secondary N) is 1. The van der Waals surface area contributed by atoms with E-state index < -0.39 is 6.04 Å². The van der Waals surface area contributed by atoms with Crippen molar-refractivity contribution in [2.45, 2.75) is 19.4 Å². The number of ether oxygens (including phenoxy) is 1. The largest absolute Gasteiger partial charge is 0.494 e. The van der Waals surface area contributed by atoms with Crippen LogP contribution in [0, 0.1) is 5.82 Å². The Bertz CT molecular complexity index is 963. The van der Waals surface area contributed by atoms with Crippen molar-refractivity contribution in [3.8, 4) is 5.75 Å². The number of hydrogen-bond donors (Lipinski definition) is 1. The first kappa shape index (κ1) is 20.3. The molecule has 1 aromatic heterocycles. The number of hydrogen-bond acceptors (Lipinski definition) is 3. The summed E-state index contributed by atoms with van der Waals surface area (Å²) in [5, 5.41) is 2.95. The first-order chi connectivity index (χ1) is 14.1. The highest BCUT2D eigenvalue weighted by Crippen LogP contribution is 2.21. The van der Waals surface area contributed by atoms with Gasteiger partial charge in [0, 0.05) is 25.5 Å². The lowest BCUT2D eigenvalue weighted by molar-refractivity contribution is -0.117. The third-order valence-electron chi connectivity index (χ3n) is 4.39. The quantitative estimate of drug-likeness (QED) is 0.582. The molecule has 0 radical (unpaired) electrons. The summed E-state index contributed by atoms with van der Waals surface area (Å²) in [5.74, 6) is 0.869. The molecule has 3 aromatic rings. The molecule has 0 saturated carbocycles. The topological polar surface area (TPSA) is 56.1 Å². The number of nitrogens with zero attached hydrogens (tertiary/aromatic N) is 2. The van der Waals surface area contributed by atoms with Gasteiger partial charge in [0.2, 0.25) is 5.91 Å². The highest BCUT2D eigenvalue weighted by molar-refractivity contribution is 5.92. The van der Waals surface area contributed by atoms with Crippen molar-refractivity contribution in [1.82, 2.24) is 14.9 Å². The number of halogens is 1. The third kappa shape index (κ3) is 5.54. The fourth-order valence-corrected chi connectivity index (χ4v) is 2.86. The number of carbonyl (C=O) groups excluding carboxylic acids is 1. The van der Waals surface area contributed by atoms with Gasteiger partial charge in [0.1, 0.15) is 23.4 Å². The highest BCUT2D eigenvalue weighted by atomic mass is 19.1. The second kappa shape index (κ2) is 9.68. The van der Waals surface area contributed by atoms with Crippen molar-refractivity contribution in [3.05, 3.63) is 89.8 Å². The Kier molecular flexibility index (Phi) is 6.79. The lowest BCUT2D eigenvalue weighted by Gasteiger charge is -2.18. The lowest BCUT2D eigenvalue weighted by Crippen LogP contribution is -2.29. The maximum Gasteiger partial charge on any atom is 0.244 e. The van der Waals surface area contributed by atoms with Crippen molar-refractivity contribution in [1.29, 1.82) is 0 Å². The molecule has 0 saturated heterocycles. The molecule has 1 N–H and O–H groups in total. The van der Waals surface area contributed by atoms with Crippen LogP contribution in [0.2, 0.25) is 0 Å². The summed E-state index contributed by atoms with van der Waals surface area (Å²) in [6, 6.07) is 13.1. The first-order valence-electron chi connectivity index (χ1n) is 9.51. The number of aryl methyl sites for hydroxylation is 1. The molecule has 0 unspecified atom stereocenters. The van der Waals surface area contributed by atoms with Crippen molar-refractivity contribution in [3.63, 3.8) is 0 Å². The van der Waals surface area contributed by atoms with Crippen LogP contribution in [-0.2, 0) is 11.8 Å². The normalized spacial score (nSPS) is 12.1. The second-order valence-corrected chi connectivity index (χ2v) is 6.64. The predicted molar refractivity (Wildman–Crippen MR) is 111 cm³/mol. The fraction of sp³-hybridized carbons (Fsp3) is 0.217. The van der Waals surface area contributed by atoms with Crippen molar-refractivity contribution in [2.75, 3.05) is 6.61 Å². The molecular weight excluding hydrogens is 369 g/mol. The van der Waals surface area contributed by atoms with Gasteiger partial charge in [-0.1, -0.05) is 31.2 Å². The van der Waals surface area contributed by atoms with Crippen LogP contribution in [0.3, 0.4) is 0 Å². The summed E-state index contributed by atoms with van der Waals surface area (Å²) in [6.07, 6.45) is 7.62. The van der Waals surface area contributed by atoms with Gasteiger partial charge in [-0.05, 0) is 47.9 Å². The minimum Gasteiger partial charge on any atom is -0.494 e. The van der Waals surface area contributed by atoms with Crippen molar-refractivity contribution in [2.24, 2.45) is 7.05 Å². The van der Waals surface area contributed by atoms with E-state index in [0.29, 0.717) is 12.4 Å². The Labute approximate surface area is 169 Å². The van der Waals surface area contributed by atoms with Gasteiger partial charge in [0.05, 0.1) is 6.61 Å². The number of aromatic nitrogens is 2. The summed E-state index contributed by atoms with van der Waals surface area (Å²) in [7, 11) is 1.85. The van der Waals surface area contributed by atoms with Crippen LogP contribution in [-0.4, -0.2) is 22.1 Å². The van der Waals surface area contributed by atoms with Crippen molar-refractivity contribution >= 4 is 12.0 Å². The molecule has 0 aliphatic carbocycles. The van der Waals surface area contributed by atoms with E-state index in [1.807, 2.05) is 35.9 Å². The van der Waals surface area contributed by atoms with Crippen LogP contribution in [0.1, 0.15) is 36.3 Å². The summed E-state index contributed by atoms with van der Waals surface area (Å²) in [5.41, 5.74) is 1.64. The molecule has 3 rings (SSSR count). The molecular formula is C23H24FN3O2.